The molecule has 4 N–H and O–H groups in total. The molecule has 0 aliphatic rings. The van der Waals surface area contributed by atoms with E-state index >= 15 is 0 Å². The van der Waals surface area contributed by atoms with Gasteiger partial charge in [-0.2, -0.15) is 0 Å². The van der Waals surface area contributed by atoms with Crippen LogP contribution >= 0.6 is 0 Å². The van der Waals surface area contributed by atoms with Crippen LogP contribution < -0.4 is 5.73 Å². The van der Waals surface area contributed by atoms with Crippen molar-refractivity contribution >= 4 is 0 Å². The second kappa shape index (κ2) is 6.37. The first-order chi connectivity index (χ1) is 5.56. The molecule has 0 spiro atoms. The summed E-state index contributed by atoms with van der Waals surface area (Å²) in [6.45, 7) is 3.71. The molecule has 12 heavy (non-hydrogen) atoms. The smallest absolute Gasteiger partial charge is 0.100 e. The van der Waals surface area contributed by atoms with E-state index in [-0.39, 0.29) is 25.4 Å². The molecule has 4 nitrogen and oxygen atoms in total. The maximum atomic E-state index is 8.93. The molecule has 0 aliphatic carbocycles. The Morgan fingerprint density at radius 3 is 2.42 bits per heavy atom. The normalized spacial score (nSPS) is 18.8. The van der Waals surface area contributed by atoms with Gasteiger partial charge in [0.15, 0.2) is 0 Å². The second-order valence-electron chi connectivity index (χ2n) is 3.19. The zero-order valence-electron chi connectivity index (χ0n) is 7.73. The highest BCUT2D eigenvalue weighted by Gasteiger charge is 2.08. The van der Waals surface area contributed by atoms with Crippen molar-refractivity contribution in [3.8, 4) is 0 Å². The standard InChI is InChI=1S/C8H19NO3/c1-6(9)3-7(2)12-5-8(11)4-10/h6-8,10-11H,3-5,9H2,1-2H3. The topological polar surface area (TPSA) is 75.7 Å². The molecule has 0 heterocycles. The van der Waals surface area contributed by atoms with Gasteiger partial charge in [-0.25, -0.2) is 0 Å². The molecule has 0 saturated heterocycles. The maximum absolute atomic E-state index is 8.93. The minimum Gasteiger partial charge on any atom is -0.394 e. The third-order valence-corrected chi connectivity index (χ3v) is 1.49. The lowest BCUT2D eigenvalue weighted by Crippen LogP contribution is -2.27. The van der Waals surface area contributed by atoms with Crippen LogP contribution in [0.4, 0.5) is 0 Å². The van der Waals surface area contributed by atoms with Crippen LogP contribution in [0, 0.1) is 0 Å². The molecule has 0 aromatic rings. The molecule has 0 amide bonds. The molecular formula is C8H19NO3. The first kappa shape index (κ1) is 11.8. The van der Waals surface area contributed by atoms with Crippen LogP contribution in [0.3, 0.4) is 0 Å². The Hall–Kier alpha value is -0.160. The van der Waals surface area contributed by atoms with Crippen molar-refractivity contribution in [2.24, 2.45) is 5.73 Å². The molecule has 0 rings (SSSR count). The van der Waals surface area contributed by atoms with Crippen LogP contribution in [0.5, 0.6) is 0 Å². The SMILES string of the molecule is CC(N)CC(C)OCC(O)CO. The fourth-order valence-corrected chi connectivity index (χ4v) is 0.920. The van der Waals surface area contributed by atoms with Crippen molar-refractivity contribution < 1.29 is 14.9 Å². The molecular weight excluding hydrogens is 158 g/mol. The molecule has 0 saturated carbocycles. The minimum atomic E-state index is -0.777. The van der Waals surface area contributed by atoms with Crippen LogP contribution in [0.25, 0.3) is 0 Å². The number of rotatable bonds is 6. The van der Waals surface area contributed by atoms with Gasteiger partial charge in [0.25, 0.3) is 0 Å². The van der Waals surface area contributed by atoms with Crippen LogP contribution in [0.2, 0.25) is 0 Å². The van der Waals surface area contributed by atoms with Gasteiger partial charge >= 0.3 is 0 Å². The average Bonchev–Trinajstić information content (AvgIpc) is 1.99. The lowest BCUT2D eigenvalue weighted by Gasteiger charge is -2.16. The fourth-order valence-electron chi connectivity index (χ4n) is 0.920. The van der Waals surface area contributed by atoms with Crippen molar-refractivity contribution in [1.82, 2.24) is 0 Å². The quantitative estimate of drug-likeness (QED) is 0.510. The number of ether oxygens (including phenoxy) is 1. The van der Waals surface area contributed by atoms with Gasteiger partial charge in [-0.3, -0.25) is 0 Å². The largest absolute Gasteiger partial charge is 0.394 e. The van der Waals surface area contributed by atoms with E-state index in [9.17, 15) is 0 Å². The zero-order chi connectivity index (χ0) is 9.56. The van der Waals surface area contributed by atoms with E-state index in [0.717, 1.165) is 6.42 Å². The van der Waals surface area contributed by atoms with E-state index in [1.165, 1.54) is 0 Å². The molecule has 0 radical (unpaired) electrons. The summed E-state index contributed by atoms with van der Waals surface area (Å²) < 4.78 is 5.22. The Labute approximate surface area is 73.3 Å². The highest BCUT2D eigenvalue weighted by Crippen LogP contribution is 2.00. The van der Waals surface area contributed by atoms with E-state index in [1.54, 1.807) is 0 Å². The highest BCUT2D eigenvalue weighted by atomic mass is 16.5. The van der Waals surface area contributed by atoms with Gasteiger partial charge in [0.2, 0.25) is 0 Å². The van der Waals surface area contributed by atoms with E-state index in [0.29, 0.717) is 0 Å². The monoisotopic (exact) mass is 177 g/mol. The lowest BCUT2D eigenvalue weighted by atomic mass is 10.2. The van der Waals surface area contributed by atoms with Crippen LogP contribution in [-0.2, 0) is 4.74 Å². The summed E-state index contributed by atoms with van der Waals surface area (Å²) >= 11 is 0. The number of aliphatic hydroxyl groups is 2. The van der Waals surface area contributed by atoms with Crippen LogP contribution in [0.1, 0.15) is 20.3 Å². The number of nitrogens with two attached hydrogens (primary N) is 1. The summed E-state index contributed by atoms with van der Waals surface area (Å²) in [5.41, 5.74) is 5.54. The summed E-state index contributed by atoms with van der Waals surface area (Å²) in [7, 11) is 0. The summed E-state index contributed by atoms with van der Waals surface area (Å²) in [4.78, 5) is 0. The molecule has 3 unspecified atom stereocenters. The Bertz CT molecular complexity index is 108. The number of hydrogen-bond acceptors (Lipinski definition) is 4. The van der Waals surface area contributed by atoms with Gasteiger partial charge in [-0.15, -0.1) is 0 Å². The second-order valence-corrected chi connectivity index (χ2v) is 3.19. The molecule has 74 valence electrons. The van der Waals surface area contributed by atoms with Gasteiger partial charge in [-0.1, -0.05) is 0 Å². The third-order valence-electron chi connectivity index (χ3n) is 1.49. The molecule has 4 heteroatoms. The summed E-state index contributed by atoms with van der Waals surface area (Å²) in [5, 5.41) is 17.4. The summed E-state index contributed by atoms with van der Waals surface area (Å²) in [6.07, 6.45) is 0.0183. The first-order valence-corrected chi connectivity index (χ1v) is 4.22. The Balaban J connectivity index is 3.36. The van der Waals surface area contributed by atoms with E-state index in [4.69, 9.17) is 20.7 Å². The molecule has 0 aromatic carbocycles. The van der Waals surface area contributed by atoms with Crippen LogP contribution in [0.15, 0.2) is 0 Å². The van der Waals surface area contributed by atoms with Gasteiger partial charge < -0.3 is 20.7 Å². The lowest BCUT2D eigenvalue weighted by molar-refractivity contribution is -0.0261. The van der Waals surface area contributed by atoms with E-state index in [2.05, 4.69) is 0 Å². The van der Waals surface area contributed by atoms with Crippen molar-refractivity contribution in [2.75, 3.05) is 13.2 Å². The minimum absolute atomic E-state index is 0.0335. The number of aliphatic hydroxyl groups excluding tert-OH is 2. The predicted octanol–water partition coefficient (Wildman–Crippen LogP) is -0.518. The van der Waals surface area contributed by atoms with Crippen molar-refractivity contribution in [3.05, 3.63) is 0 Å². The molecule has 0 aliphatic heterocycles. The maximum Gasteiger partial charge on any atom is 0.100 e. The van der Waals surface area contributed by atoms with Gasteiger partial charge in [0.05, 0.1) is 19.3 Å². The Morgan fingerprint density at radius 2 is 2.00 bits per heavy atom. The van der Waals surface area contributed by atoms with Crippen molar-refractivity contribution in [1.29, 1.82) is 0 Å². The molecule has 3 atom stereocenters. The zero-order valence-corrected chi connectivity index (χ0v) is 7.73. The Morgan fingerprint density at radius 1 is 1.42 bits per heavy atom. The highest BCUT2D eigenvalue weighted by molar-refractivity contribution is 4.60. The first-order valence-electron chi connectivity index (χ1n) is 4.22. The number of hydrogen-bond donors (Lipinski definition) is 3. The molecule has 0 fully saturated rings. The predicted molar refractivity (Wildman–Crippen MR) is 46.8 cm³/mol. The Kier molecular flexibility index (Phi) is 6.28. The average molecular weight is 177 g/mol. The van der Waals surface area contributed by atoms with E-state index in [1.807, 2.05) is 13.8 Å². The van der Waals surface area contributed by atoms with E-state index < -0.39 is 6.10 Å². The summed E-state index contributed by atoms with van der Waals surface area (Å²) in [5.74, 6) is 0. The third kappa shape index (κ3) is 6.54. The van der Waals surface area contributed by atoms with Gasteiger partial charge in [0.1, 0.15) is 6.10 Å². The van der Waals surface area contributed by atoms with Gasteiger partial charge in [0, 0.05) is 6.04 Å². The van der Waals surface area contributed by atoms with Crippen LogP contribution in [-0.4, -0.2) is 41.7 Å². The van der Waals surface area contributed by atoms with Gasteiger partial charge in [-0.05, 0) is 20.3 Å². The fraction of sp³-hybridized carbons (Fsp3) is 1.00. The summed E-state index contributed by atoms with van der Waals surface area (Å²) in [6, 6.07) is 0.103. The molecule has 0 bridgehead atoms. The van der Waals surface area contributed by atoms with Crippen molar-refractivity contribution in [2.45, 2.75) is 38.5 Å². The van der Waals surface area contributed by atoms with Crippen molar-refractivity contribution in [3.63, 3.8) is 0 Å². The molecule has 0 aromatic heterocycles.